The first kappa shape index (κ1) is 14.0. The van der Waals surface area contributed by atoms with E-state index in [2.05, 4.69) is 13.8 Å². The number of ether oxygens (including phenoxy) is 2. The van der Waals surface area contributed by atoms with Gasteiger partial charge in [0.15, 0.2) is 0 Å². The number of unbranched alkanes of at least 4 members (excludes halogenated alkanes) is 5. The third kappa shape index (κ3) is 5.86. The molecule has 0 N–H and O–H groups in total. The maximum absolute atomic E-state index is 5.94. The molecule has 2 unspecified atom stereocenters. The summed E-state index contributed by atoms with van der Waals surface area (Å²) in [5, 5.41) is 0. The van der Waals surface area contributed by atoms with Crippen molar-refractivity contribution in [1.82, 2.24) is 0 Å². The first-order chi connectivity index (χ1) is 7.86. The molecule has 1 fully saturated rings. The fourth-order valence-corrected chi connectivity index (χ4v) is 2.20. The summed E-state index contributed by atoms with van der Waals surface area (Å²) in [5.41, 5.74) is 0. The Hall–Kier alpha value is -0.0800. The minimum absolute atomic E-state index is 0.346. The van der Waals surface area contributed by atoms with Crippen LogP contribution in [0.4, 0.5) is 0 Å². The van der Waals surface area contributed by atoms with E-state index in [9.17, 15) is 0 Å². The molecule has 2 atom stereocenters. The molecule has 2 nitrogen and oxygen atoms in total. The third-order valence-electron chi connectivity index (χ3n) is 3.33. The molecule has 1 saturated heterocycles. The van der Waals surface area contributed by atoms with Crippen molar-refractivity contribution in [3.8, 4) is 0 Å². The van der Waals surface area contributed by atoms with Gasteiger partial charge in [-0.15, -0.1) is 0 Å². The lowest BCUT2D eigenvalue weighted by Gasteiger charge is -2.29. The maximum atomic E-state index is 5.94. The zero-order chi connectivity index (χ0) is 11.6. The van der Waals surface area contributed by atoms with Crippen LogP contribution in [0.5, 0.6) is 0 Å². The third-order valence-corrected chi connectivity index (χ3v) is 3.33. The van der Waals surface area contributed by atoms with Crippen LogP contribution in [0.1, 0.15) is 65.2 Å². The molecular formula is C14H28O2. The van der Waals surface area contributed by atoms with Gasteiger partial charge in [0.1, 0.15) is 0 Å². The Bertz CT molecular complexity index is 159. The highest BCUT2D eigenvalue weighted by Crippen LogP contribution is 2.16. The predicted molar refractivity (Wildman–Crippen MR) is 67.8 cm³/mol. The lowest BCUT2D eigenvalue weighted by molar-refractivity contribution is -0.140. The zero-order valence-corrected chi connectivity index (χ0v) is 11.0. The van der Waals surface area contributed by atoms with Gasteiger partial charge in [-0.05, 0) is 12.8 Å². The molecule has 0 aromatic rings. The Morgan fingerprint density at radius 2 is 1.56 bits per heavy atom. The van der Waals surface area contributed by atoms with Crippen molar-refractivity contribution in [3.05, 3.63) is 0 Å². The second-order valence-electron chi connectivity index (χ2n) is 4.88. The second kappa shape index (κ2) is 9.00. The lowest BCUT2D eigenvalue weighted by Crippen LogP contribution is -2.35. The minimum Gasteiger partial charge on any atom is -0.376 e. The normalized spacial score (nSPS) is 25.9. The molecule has 0 aliphatic carbocycles. The Labute approximate surface area is 101 Å². The van der Waals surface area contributed by atoms with Crippen LogP contribution in [0.2, 0.25) is 0 Å². The molecule has 0 amide bonds. The van der Waals surface area contributed by atoms with Gasteiger partial charge in [-0.3, -0.25) is 0 Å². The van der Waals surface area contributed by atoms with Crippen molar-refractivity contribution >= 4 is 0 Å². The predicted octanol–water partition coefficient (Wildman–Crippen LogP) is 3.93. The Morgan fingerprint density at radius 1 is 0.875 bits per heavy atom. The average Bonchev–Trinajstić information content (AvgIpc) is 2.34. The van der Waals surface area contributed by atoms with Crippen molar-refractivity contribution in [1.29, 1.82) is 0 Å². The number of hydrogen-bond donors (Lipinski definition) is 0. The molecule has 1 rings (SSSR count). The van der Waals surface area contributed by atoms with Crippen molar-refractivity contribution in [2.24, 2.45) is 0 Å². The highest BCUT2D eigenvalue weighted by molar-refractivity contribution is 4.67. The van der Waals surface area contributed by atoms with E-state index in [-0.39, 0.29) is 0 Å². The van der Waals surface area contributed by atoms with E-state index in [1.807, 2.05) is 0 Å². The summed E-state index contributed by atoms with van der Waals surface area (Å²) in [7, 11) is 0. The molecule has 0 radical (unpaired) electrons. The lowest BCUT2D eigenvalue weighted by atomic mass is 10.1. The monoisotopic (exact) mass is 228 g/mol. The fourth-order valence-electron chi connectivity index (χ4n) is 2.20. The van der Waals surface area contributed by atoms with Crippen molar-refractivity contribution in [2.45, 2.75) is 77.4 Å². The van der Waals surface area contributed by atoms with Crippen LogP contribution in [0.25, 0.3) is 0 Å². The van der Waals surface area contributed by atoms with Gasteiger partial charge in [-0.1, -0.05) is 52.4 Å². The van der Waals surface area contributed by atoms with Gasteiger partial charge in [-0.2, -0.15) is 0 Å². The van der Waals surface area contributed by atoms with Crippen LogP contribution in [-0.4, -0.2) is 25.4 Å². The van der Waals surface area contributed by atoms with E-state index in [0.29, 0.717) is 12.2 Å². The van der Waals surface area contributed by atoms with Crippen LogP contribution >= 0.6 is 0 Å². The van der Waals surface area contributed by atoms with Crippen LogP contribution in [0.3, 0.4) is 0 Å². The fraction of sp³-hybridized carbons (Fsp3) is 1.00. The Balaban J connectivity index is 1.95. The molecule has 0 aromatic heterocycles. The van der Waals surface area contributed by atoms with Crippen molar-refractivity contribution in [2.75, 3.05) is 13.2 Å². The summed E-state index contributed by atoms with van der Waals surface area (Å²) in [6, 6.07) is 0. The molecule has 0 spiro atoms. The van der Waals surface area contributed by atoms with Crippen molar-refractivity contribution in [3.63, 3.8) is 0 Å². The van der Waals surface area contributed by atoms with E-state index < -0.39 is 0 Å². The van der Waals surface area contributed by atoms with Gasteiger partial charge in [-0.25, -0.2) is 0 Å². The SMILES string of the molecule is CCCCCCCCC1COCC(CC)O1. The molecule has 1 aliphatic rings. The van der Waals surface area contributed by atoms with E-state index in [0.717, 1.165) is 19.6 Å². The molecule has 1 aliphatic heterocycles. The van der Waals surface area contributed by atoms with Crippen LogP contribution in [0, 0.1) is 0 Å². The molecule has 2 heteroatoms. The molecule has 0 saturated carbocycles. The van der Waals surface area contributed by atoms with E-state index in [1.54, 1.807) is 0 Å². The smallest absolute Gasteiger partial charge is 0.0813 e. The maximum Gasteiger partial charge on any atom is 0.0813 e. The van der Waals surface area contributed by atoms with Gasteiger partial charge in [0.05, 0.1) is 25.4 Å². The van der Waals surface area contributed by atoms with Crippen LogP contribution in [0.15, 0.2) is 0 Å². The number of rotatable bonds is 8. The molecular weight excluding hydrogens is 200 g/mol. The topological polar surface area (TPSA) is 18.5 Å². The average molecular weight is 228 g/mol. The quantitative estimate of drug-likeness (QED) is 0.586. The standard InChI is InChI=1S/C14H28O2/c1-3-5-6-7-8-9-10-14-12-15-11-13(4-2)16-14/h13-14H,3-12H2,1-2H3. The van der Waals surface area contributed by atoms with Gasteiger partial charge in [0, 0.05) is 0 Å². The summed E-state index contributed by atoms with van der Waals surface area (Å²) < 4.78 is 11.5. The molecule has 96 valence electrons. The Morgan fingerprint density at radius 3 is 2.31 bits per heavy atom. The summed E-state index contributed by atoms with van der Waals surface area (Å²) in [6.45, 7) is 6.04. The van der Waals surface area contributed by atoms with E-state index >= 15 is 0 Å². The number of hydrogen-bond acceptors (Lipinski definition) is 2. The first-order valence-corrected chi connectivity index (χ1v) is 7.10. The highest BCUT2D eigenvalue weighted by Gasteiger charge is 2.20. The van der Waals surface area contributed by atoms with Crippen LogP contribution < -0.4 is 0 Å². The van der Waals surface area contributed by atoms with Gasteiger partial charge in [0.2, 0.25) is 0 Å². The molecule has 0 bridgehead atoms. The summed E-state index contributed by atoms with van der Waals surface area (Å²) in [6.07, 6.45) is 11.1. The second-order valence-corrected chi connectivity index (χ2v) is 4.88. The van der Waals surface area contributed by atoms with Gasteiger partial charge in [0.25, 0.3) is 0 Å². The van der Waals surface area contributed by atoms with E-state index in [1.165, 1.54) is 44.9 Å². The summed E-state index contributed by atoms with van der Waals surface area (Å²) in [4.78, 5) is 0. The highest BCUT2D eigenvalue weighted by atomic mass is 16.6. The van der Waals surface area contributed by atoms with Gasteiger partial charge < -0.3 is 9.47 Å². The largest absolute Gasteiger partial charge is 0.376 e. The van der Waals surface area contributed by atoms with Gasteiger partial charge >= 0.3 is 0 Å². The van der Waals surface area contributed by atoms with Crippen molar-refractivity contribution < 1.29 is 9.47 Å². The van der Waals surface area contributed by atoms with E-state index in [4.69, 9.17) is 9.47 Å². The zero-order valence-electron chi connectivity index (χ0n) is 11.0. The Kier molecular flexibility index (Phi) is 7.87. The molecule has 1 heterocycles. The summed E-state index contributed by atoms with van der Waals surface area (Å²) in [5.74, 6) is 0. The molecule has 16 heavy (non-hydrogen) atoms. The minimum atomic E-state index is 0.346. The first-order valence-electron chi connectivity index (χ1n) is 7.10. The summed E-state index contributed by atoms with van der Waals surface area (Å²) >= 11 is 0. The molecule has 0 aromatic carbocycles. The van der Waals surface area contributed by atoms with Crippen LogP contribution in [-0.2, 0) is 9.47 Å².